The third kappa shape index (κ3) is 4.17. The maximum absolute atomic E-state index is 13.8. The molecule has 166 valence electrons. The molecule has 0 saturated heterocycles. The van der Waals surface area contributed by atoms with Crippen molar-refractivity contribution in [1.29, 1.82) is 5.26 Å². The van der Waals surface area contributed by atoms with Gasteiger partial charge in [0.1, 0.15) is 11.6 Å². The molecule has 0 radical (unpaired) electrons. The molecule has 5 nitrogen and oxygen atoms in total. The van der Waals surface area contributed by atoms with E-state index in [1.165, 1.54) is 16.8 Å². The van der Waals surface area contributed by atoms with Gasteiger partial charge in [-0.1, -0.05) is 48.0 Å². The maximum atomic E-state index is 13.8. The molecule has 0 N–H and O–H groups in total. The van der Waals surface area contributed by atoms with Crippen LogP contribution in [0.5, 0.6) is 0 Å². The summed E-state index contributed by atoms with van der Waals surface area (Å²) < 4.78 is 44.1. The molecule has 0 bridgehead atoms. The van der Waals surface area contributed by atoms with Crippen LogP contribution in [0.2, 0.25) is 0 Å². The van der Waals surface area contributed by atoms with E-state index in [2.05, 4.69) is 5.10 Å². The predicted molar refractivity (Wildman–Crippen MR) is 118 cm³/mol. The minimum Gasteiger partial charge on any atom is -0.303 e. The predicted octanol–water partition coefficient (Wildman–Crippen LogP) is 5.26. The normalized spacial score (nSPS) is 11.4. The van der Waals surface area contributed by atoms with E-state index >= 15 is 0 Å². The number of alkyl halides is 3. The topological polar surface area (TPSA) is 63.6 Å². The first-order chi connectivity index (χ1) is 15.7. The second-order valence-corrected chi connectivity index (χ2v) is 7.70. The van der Waals surface area contributed by atoms with E-state index in [0.29, 0.717) is 11.3 Å². The molecule has 0 spiro atoms. The summed E-state index contributed by atoms with van der Waals surface area (Å²) in [5.74, 6) is 0. The van der Waals surface area contributed by atoms with Crippen molar-refractivity contribution in [3.63, 3.8) is 0 Å². The molecule has 33 heavy (non-hydrogen) atoms. The Hall–Kier alpha value is -4.12. The summed E-state index contributed by atoms with van der Waals surface area (Å²) in [6.45, 7) is 3.65. The van der Waals surface area contributed by atoms with Gasteiger partial charge >= 0.3 is 6.18 Å². The van der Waals surface area contributed by atoms with Crippen LogP contribution in [0, 0.1) is 25.2 Å². The third-order valence-electron chi connectivity index (χ3n) is 5.47. The summed E-state index contributed by atoms with van der Waals surface area (Å²) in [6.07, 6.45) is -3.42. The van der Waals surface area contributed by atoms with Crippen LogP contribution in [-0.4, -0.2) is 14.3 Å². The Morgan fingerprint density at radius 2 is 1.70 bits per heavy atom. The fourth-order valence-corrected chi connectivity index (χ4v) is 3.72. The van der Waals surface area contributed by atoms with Crippen molar-refractivity contribution in [3.8, 4) is 23.0 Å². The van der Waals surface area contributed by atoms with Crippen molar-refractivity contribution in [2.45, 2.75) is 26.6 Å². The highest BCUT2D eigenvalue weighted by Gasteiger charge is 2.37. The van der Waals surface area contributed by atoms with Crippen LogP contribution in [0.3, 0.4) is 0 Å². The molecule has 2 aromatic heterocycles. The number of rotatable bonds is 4. The fraction of sp³-hybridized carbons (Fsp3) is 0.160. The molecule has 0 aliphatic heterocycles. The van der Waals surface area contributed by atoms with Crippen LogP contribution in [0.1, 0.15) is 27.9 Å². The van der Waals surface area contributed by atoms with Gasteiger partial charge < -0.3 is 4.57 Å². The van der Waals surface area contributed by atoms with Crippen molar-refractivity contribution in [2.24, 2.45) is 0 Å². The van der Waals surface area contributed by atoms with Gasteiger partial charge in [0, 0.05) is 5.56 Å². The molecule has 0 unspecified atom stereocenters. The summed E-state index contributed by atoms with van der Waals surface area (Å²) in [4.78, 5) is 13.1. The van der Waals surface area contributed by atoms with E-state index in [1.54, 1.807) is 23.7 Å². The molecule has 0 fully saturated rings. The van der Waals surface area contributed by atoms with E-state index in [1.807, 2.05) is 49.4 Å². The zero-order valence-electron chi connectivity index (χ0n) is 17.9. The van der Waals surface area contributed by atoms with Crippen LogP contribution in [-0.2, 0) is 12.7 Å². The van der Waals surface area contributed by atoms with E-state index in [-0.39, 0.29) is 12.2 Å². The minimum absolute atomic E-state index is 0.0111. The number of aryl methyl sites for hydroxylation is 1. The Morgan fingerprint density at radius 1 is 1.03 bits per heavy atom. The van der Waals surface area contributed by atoms with Crippen LogP contribution in [0.4, 0.5) is 13.2 Å². The molecule has 0 amide bonds. The molecule has 4 aromatic rings. The Morgan fingerprint density at radius 3 is 2.30 bits per heavy atom. The summed E-state index contributed by atoms with van der Waals surface area (Å²) in [6, 6.07) is 18.8. The average Bonchev–Trinajstić information content (AvgIpc) is 3.17. The van der Waals surface area contributed by atoms with E-state index in [0.717, 1.165) is 22.9 Å². The van der Waals surface area contributed by atoms with E-state index in [9.17, 15) is 23.2 Å². The number of benzene rings is 2. The minimum atomic E-state index is -4.86. The van der Waals surface area contributed by atoms with Gasteiger partial charge in [-0.3, -0.25) is 4.79 Å². The molecule has 0 aliphatic rings. The molecule has 0 aliphatic carbocycles. The van der Waals surface area contributed by atoms with Gasteiger partial charge in [0.2, 0.25) is 0 Å². The van der Waals surface area contributed by atoms with Crippen molar-refractivity contribution in [3.05, 3.63) is 105 Å². The number of nitriles is 1. The summed E-state index contributed by atoms with van der Waals surface area (Å²) in [5, 5.41) is 13.7. The van der Waals surface area contributed by atoms with Crippen LogP contribution >= 0.6 is 0 Å². The van der Waals surface area contributed by atoms with Gasteiger partial charge in [-0.25, -0.2) is 4.68 Å². The van der Waals surface area contributed by atoms with Crippen molar-refractivity contribution in [1.82, 2.24) is 14.3 Å². The van der Waals surface area contributed by atoms with Crippen molar-refractivity contribution >= 4 is 0 Å². The average molecular weight is 448 g/mol. The number of halogens is 3. The molecule has 2 heterocycles. The van der Waals surface area contributed by atoms with Crippen LogP contribution < -0.4 is 5.56 Å². The molecular formula is C25H19F3N4O. The smallest absolute Gasteiger partial charge is 0.303 e. The summed E-state index contributed by atoms with van der Waals surface area (Å²) in [7, 11) is 0. The lowest BCUT2D eigenvalue weighted by Gasteiger charge is -2.17. The van der Waals surface area contributed by atoms with Gasteiger partial charge in [0.25, 0.3) is 5.56 Å². The quantitative estimate of drug-likeness (QED) is 0.428. The number of hydrogen-bond donors (Lipinski definition) is 0. The highest BCUT2D eigenvalue weighted by Crippen LogP contribution is 2.34. The largest absolute Gasteiger partial charge is 0.417 e. The third-order valence-corrected chi connectivity index (χ3v) is 5.47. The first-order valence-corrected chi connectivity index (χ1v) is 10.1. The van der Waals surface area contributed by atoms with Gasteiger partial charge in [-0.05, 0) is 37.6 Å². The summed E-state index contributed by atoms with van der Waals surface area (Å²) >= 11 is 0. The number of aromatic nitrogens is 3. The number of nitrogens with zero attached hydrogens (tertiary/aromatic N) is 4. The lowest BCUT2D eigenvalue weighted by molar-refractivity contribution is -0.137. The lowest BCUT2D eigenvalue weighted by atomic mass is 10.0. The molecular weight excluding hydrogens is 429 g/mol. The Balaban J connectivity index is 1.97. The monoisotopic (exact) mass is 448 g/mol. The van der Waals surface area contributed by atoms with E-state index < -0.39 is 22.9 Å². The number of hydrogen-bond acceptors (Lipinski definition) is 3. The Kier molecular flexibility index (Phi) is 5.64. The molecule has 8 heteroatoms. The highest BCUT2D eigenvalue weighted by atomic mass is 19.4. The number of para-hydroxylation sites is 1. The second-order valence-electron chi connectivity index (χ2n) is 7.70. The second kappa shape index (κ2) is 8.43. The first kappa shape index (κ1) is 22.1. The Labute approximate surface area is 188 Å². The summed E-state index contributed by atoms with van der Waals surface area (Å²) in [5.41, 5.74) is 0.287. The zero-order valence-corrected chi connectivity index (χ0v) is 17.9. The standard InChI is InChI=1S/C25H19F3N4O/c1-16-8-10-18(11-9-16)15-31-23(12-22(25(26,27)28)20(13-29)24(31)33)21-14-30-32(17(21)2)19-6-4-3-5-7-19/h3-12,14H,15H2,1-2H3. The van der Waals surface area contributed by atoms with Gasteiger partial charge in [0.05, 0.1) is 35.4 Å². The van der Waals surface area contributed by atoms with E-state index in [4.69, 9.17) is 0 Å². The molecule has 4 rings (SSSR count). The highest BCUT2D eigenvalue weighted by molar-refractivity contribution is 5.65. The van der Waals surface area contributed by atoms with Crippen molar-refractivity contribution < 1.29 is 13.2 Å². The molecule has 0 atom stereocenters. The molecule has 0 saturated carbocycles. The molecule has 2 aromatic carbocycles. The first-order valence-electron chi connectivity index (χ1n) is 10.1. The van der Waals surface area contributed by atoms with Crippen LogP contribution in [0.15, 0.2) is 71.7 Å². The van der Waals surface area contributed by atoms with Crippen molar-refractivity contribution in [2.75, 3.05) is 0 Å². The van der Waals surface area contributed by atoms with Crippen LogP contribution in [0.25, 0.3) is 16.9 Å². The maximum Gasteiger partial charge on any atom is 0.417 e. The number of pyridine rings is 1. The lowest BCUT2D eigenvalue weighted by Crippen LogP contribution is -2.28. The van der Waals surface area contributed by atoms with Gasteiger partial charge in [-0.15, -0.1) is 0 Å². The van der Waals surface area contributed by atoms with Gasteiger partial charge in [0.15, 0.2) is 0 Å². The fourth-order valence-electron chi connectivity index (χ4n) is 3.72. The zero-order chi connectivity index (χ0) is 23.8. The SMILES string of the molecule is Cc1ccc(Cn2c(-c3cnn(-c4ccccc4)c3C)cc(C(F)(F)F)c(C#N)c2=O)cc1. The van der Waals surface area contributed by atoms with Gasteiger partial charge in [-0.2, -0.15) is 23.5 Å². The Bertz CT molecular complexity index is 1410.